The topological polar surface area (TPSA) is 110 Å². The van der Waals surface area contributed by atoms with Crippen LogP contribution in [0.4, 0.5) is 17.2 Å². The lowest BCUT2D eigenvalue weighted by Crippen LogP contribution is -2.12. The molecular weight excluding hydrogens is 334 g/mol. The maximum absolute atomic E-state index is 12.2. The molecule has 3 aromatic rings. The smallest absolute Gasteiger partial charge is 0.287 e. The van der Waals surface area contributed by atoms with E-state index in [0.717, 1.165) is 5.56 Å². The average Bonchev–Trinajstić information content (AvgIpc) is 2.67. The van der Waals surface area contributed by atoms with Crippen molar-refractivity contribution in [2.45, 2.75) is 6.54 Å². The Morgan fingerprint density at radius 2 is 1.92 bits per heavy atom. The van der Waals surface area contributed by atoms with Crippen molar-refractivity contribution >= 4 is 23.1 Å². The Hall–Kier alpha value is -3.81. The van der Waals surface area contributed by atoms with Crippen molar-refractivity contribution < 1.29 is 9.72 Å². The molecule has 1 aromatic carbocycles. The summed E-state index contributed by atoms with van der Waals surface area (Å²) in [4.78, 5) is 30.2. The fraction of sp³-hybridized carbons (Fsp3) is 0.0556. The summed E-state index contributed by atoms with van der Waals surface area (Å²) in [5.74, 6) is 0.316. The summed E-state index contributed by atoms with van der Waals surface area (Å²) in [7, 11) is 0. The molecule has 2 heterocycles. The molecule has 0 radical (unpaired) electrons. The van der Waals surface area contributed by atoms with E-state index in [2.05, 4.69) is 20.6 Å². The van der Waals surface area contributed by atoms with Crippen LogP contribution in [0.3, 0.4) is 0 Å². The zero-order valence-electron chi connectivity index (χ0n) is 13.6. The van der Waals surface area contributed by atoms with Gasteiger partial charge in [-0.2, -0.15) is 0 Å². The molecule has 26 heavy (non-hydrogen) atoms. The van der Waals surface area contributed by atoms with Crippen LogP contribution >= 0.6 is 0 Å². The molecule has 3 rings (SSSR count). The molecule has 0 aliphatic rings. The minimum Gasteiger partial charge on any atom is -0.366 e. The van der Waals surface area contributed by atoms with Crippen LogP contribution in [0.1, 0.15) is 15.9 Å². The van der Waals surface area contributed by atoms with Gasteiger partial charge in [-0.25, -0.2) is 4.98 Å². The van der Waals surface area contributed by atoms with Crippen LogP contribution in [0.5, 0.6) is 0 Å². The van der Waals surface area contributed by atoms with Crippen LogP contribution in [0.2, 0.25) is 0 Å². The number of pyridine rings is 2. The highest BCUT2D eigenvalue weighted by Crippen LogP contribution is 2.15. The number of carbonyl (C=O) groups excluding carboxylic acids is 1. The van der Waals surface area contributed by atoms with Crippen LogP contribution in [-0.2, 0) is 6.54 Å². The number of nitrogens with one attached hydrogen (secondary N) is 2. The lowest BCUT2D eigenvalue weighted by Gasteiger charge is -2.09. The van der Waals surface area contributed by atoms with Gasteiger partial charge in [0.05, 0.1) is 4.92 Å². The van der Waals surface area contributed by atoms with E-state index in [4.69, 9.17) is 0 Å². The van der Waals surface area contributed by atoms with Gasteiger partial charge in [0.15, 0.2) is 0 Å². The van der Waals surface area contributed by atoms with Crippen molar-refractivity contribution in [2.75, 3.05) is 10.6 Å². The SMILES string of the molecule is O=C(Nc1cccc(CNc2ccc([N+](=O)[O-])cn2)c1)c1ccncc1. The zero-order valence-corrected chi connectivity index (χ0v) is 13.6. The molecule has 0 saturated carbocycles. The fourth-order valence-corrected chi connectivity index (χ4v) is 2.26. The first-order valence-electron chi connectivity index (χ1n) is 7.76. The summed E-state index contributed by atoms with van der Waals surface area (Å²) < 4.78 is 0. The predicted octanol–water partition coefficient (Wildman–Crippen LogP) is 3.25. The highest BCUT2D eigenvalue weighted by atomic mass is 16.6. The number of rotatable bonds is 6. The Kier molecular flexibility index (Phi) is 5.14. The second-order valence-electron chi connectivity index (χ2n) is 5.40. The van der Waals surface area contributed by atoms with Gasteiger partial charge < -0.3 is 10.6 Å². The van der Waals surface area contributed by atoms with Crippen LogP contribution in [-0.4, -0.2) is 20.8 Å². The van der Waals surface area contributed by atoms with Crippen LogP contribution in [0.15, 0.2) is 67.1 Å². The number of anilines is 2. The number of nitro groups is 1. The summed E-state index contributed by atoms with van der Waals surface area (Å²) in [6.07, 6.45) is 4.33. The number of hydrogen-bond donors (Lipinski definition) is 2. The molecule has 0 bridgehead atoms. The molecule has 8 heteroatoms. The van der Waals surface area contributed by atoms with Gasteiger partial charge in [-0.05, 0) is 35.9 Å². The number of amides is 1. The third-order valence-corrected chi connectivity index (χ3v) is 3.56. The minimum atomic E-state index is -0.494. The number of benzene rings is 1. The molecule has 2 N–H and O–H groups in total. The van der Waals surface area contributed by atoms with E-state index >= 15 is 0 Å². The van der Waals surface area contributed by atoms with E-state index in [1.165, 1.54) is 12.3 Å². The van der Waals surface area contributed by atoms with E-state index in [-0.39, 0.29) is 11.6 Å². The first-order valence-corrected chi connectivity index (χ1v) is 7.76. The average molecular weight is 349 g/mol. The third-order valence-electron chi connectivity index (χ3n) is 3.56. The Balaban J connectivity index is 1.62. The Labute approximate surface area is 149 Å². The third kappa shape index (κ3) is 4.38. The van der Waals surface area contributed by atoms with Gasteiger partial charge in [-0.15, -0.1) is 0 Å². The number of carbonyl (C=O) groups is 1. The molecule has 2 aromatic heterocycles. The molecule has 8 nitrogen and oxygen atoms in total. The van der Waals surface area contributed by atoms with Crippen molar-refractivity contribution in [3.8, 4) is 0 Å². The zero-order chi connectivity index (χ0) is 18.4. The highest BCUT2D eigenvalue weighted by molar-refractivity contribution is 6.04. The highest BCUT2D eigenvalue weighted by Gasteiger charge is 2.07. The lowest BCUT2D eigenvalue weighted by molar-refractivity contribution is -0.385. The Morgan fingerprint density at radius 3 is 2.62 bits per heavy atom. The maximum Gasteiger partial charge on any atom is 0.287 e. The van der Waals surface area contributed by atoms with Crippen LogP contribution in [0.25, 0.3) is 0 Å². The number of nitrogens with zero attached hydrogens (tertiary/aromatic N) is 3. The molecule has 130 valence electrons. The van der Waals surface area contributed by atoms with Gasteiger partial charge in [0, 0.05) is 36.3 Å². The van der Waals surface area contributed by atoms with E-state index in [1.54, 1.807) is 36.7 Å². The molecule has 1 amide bonds. The second kappa shape index (κ2) is 7.84. The van der Waals surface area contributed by atoms with E-state index in [1.807, 2.05) is 18.2 Å². The molecule has 0 fully saturated rings. The Morgan fingerprint density at radius 1 is 1.12 bits per heavy atom. The number of hydrogen-bond acceptors (Lipinski definition) is 6. The summed E-state index contributed by atoms with van der Waals surface area (Å²) in [5, 5.41) is 16.5. The molecule has 0 unspecified atom stereocenters. The van der Waals surface area contributed by atoms with E-state index in [0.29, 0.717) is 23.6 Å². The minimum absolute atomic E-state index is 0.0589. The summed E-state index contributed by atoms with van der Waals surface area (Å²) >= 11 is 0. The van der Waals surface area contributed by atoms with Gasteiger partial charge in [0.25, 0.3) is 11.6 Å². The molecule has 0 atom stereocenters. The van der Waals surface area contributed by atoms with Crippen molar-refractivity contribution in [1.29, 1.82) is 0 Å². The molecule has 0 aliphatic heterocycles. The largest absolute Gasteiger partial charge is 0.366 e. The first-order chi connectivity index (χ1) is 12.6. The summed E-state index contributed by atoms with van der Waals surface area (Å²) in [5.41, 5.74) is 2.07. The van der Waals surface area contributed by atoms with Crippen molar-refractivity contribution in [1.82, 2.24) is 9.97 Å². The number of aromatic nitrogens is 2. The van der Waals surface area contributed by atoms with Crippen molar-refractivity contribution in [3.05, 3.63) is 88.4 Å². The first kappa shape index (κ1) is 17.0. The molecule has 0 aliphatic carbocycles. The summed E-state index contributed by atoms with van der Waals surface area (Å²) in [6.45, 7) is 0.462. The Bertz CT molecular complexity index is 914. The normalized spacial score (nSPS) is 10.2. The van der Waals surface area contributed by atoms with Gasteiger partial charge >= 0.3 is 0 Å². The van der Waals surface area contributed by atoms with Crippen LogP contribution in [0, 0.1) is 10.1 Å². The van der Waals surface area contributed by atoms with E-state index < -0.39 is 4.92 Å². The molecule has 0 spiro atoms. The van der Waals surface area contributed by atoms with Gasteiger partial charge in [0.1, 0.15) is 12.0 Å². The van der Waals surface area contributed by atoms with Gasteiger partial charge in [-0.1, -0.05) is 12.1 Å². The van der Waals surface area contributed by atoms with Gasteiger partial charge in [0.2, 0.25) is 0 Å². The summed E-state index contributed by atoms with van der Waals surface area (Å²) in [6, 6.07) is 13.6. The quantitative estimate of drug-likeness (QED) is 0.522. The molecule has 0 saturated heterocycles. The lowest BCUT2D eigenvalue weighted by atomic mass is 10.2. The molecular formula is C18H15N5O3. The predicted molar refractivity (Wildman–Crippen MR) is 96.9 cm³/mol. The second-order valence-corrected chi connectivity index (χ2v) is 5.40. The standard InChI is InChI=1S/C18H15N5O3/c24-18(14-6-8-19-9-7-14)22-15-3-1-2-13(10-15)11-20-17-5-4-16(12-21-17)23(25)26/h1-10,12H,11H2,(H,20,21)(H,22,24). The van der Waals surface area contributed by atoms with Gasteiger partial charge in [-0.3, -0.25) is 19.9 Å². The van der Waals surface area contributed by atoms with Crippen molar-refractivity contribution in [3.63, 3.8) is 0 Å². The fourth-order valence-electron chi connectivity index (χ4n) is 2.26. The monoisotopic (exact) mass is 349 g/mol. The van der Waals surface area contributed by atoms with Crippen molar-refractivity contribution in [2.24, 2.45) is 0 Å². The van der Waals surface area contributed by atoms with E-state index in [9.17, 15) is 14.9 Å². The maximum atomic E-state index is 12.2. The van der Waals surface area contributed by atoms with Crippen LogP contribution < -0.4 is 10.6 Å².